The summed E-state index contributed by atoms with van der Waals surface area (Å²) in [5.41, 5.74) is 4.53. The fourth-order valence-corrected chi connectivity index (χ4v) is 4.84. The fourth-order valence-electron chi connectivity index (χ4n) is 4.64. The summed E-state index contributed by atoms with van der Waals surface area (Å²) in [5, 5.41) is 8.27. The van der Waals surface area contributed by atoms with Gasteiger partial charge in [-0.3, -0.25) is 9.89 Å². The number of halogens is 3. The minimum absolute atomic E-state index is 0. The summed E-state index contributed by atoms with van der Waals surface area (Å²) in [7, 11) is 3.74. The maximum atomic E-state index is 13.8. The Morgan fingerprint density at radius 2 is 2.08 bits per heavy atom. The van der Waals surface area contributed by atoms with Crippen LogP contribution in [0.15, 0.2) is 48.8 Å². The number of aromatic amines is 1. The van der Waals surface area contributed by atoms with Crippen molar-refractivity contribution in [2.75, 3.05) is 33.9 Å². The van der Waals surface area contributed by atoms with E-state index in [2.05, 4.69) is 39.7 Å². The lowest BCUT2D eigenvalue weighted by molar-refractivity contribution is 0.0856. The fraction of sp³-hybridized carbons (Fsp3) is 0.333. The van der Waals surface area contributed by atoms with Gasteiger partial charge in [-0.1, -0.05) is 30.7 Å². The molecule has 3 heterocycles. The van der Waals surface area contributed by atoms with Crippen molar-refractivity contribution in [1.29, 1.82) is 0 Å². The van der Waals surface area contributed by atoms with Crippen molar-refractivity contribution in [3.8, 4) is 22.6 Å². The molecule has 0 spiro atoms. The number of benzene rings is 2. The monoisotopic (exact) mass is 652 g/mol. The number of hydrogen-bond acceptors (Lipinski definition) is 5. The van der Waals surface area contributed by atoms with E-state index in [4.69, 9.17) is 21.1 Å². The number of Topliss-reactive ketones (excluding diaryl/α,β-unsaturated/α-hetero) is 1. The minimum atomic E-state index is -0.255. The minimum Gasteiger partial charge on any atom is -0.497 e. The molecule has 1 aliphatic rings. The van der Waals surface area contributed by atoms with Gasteiger partial charge in [0.2, 0.25) is 0 Å². The van der Waals surface area contributed by atoms with Gasteiger partial charge in [0, 0.05) is 41.3 Å². The molecule has 0 fully saturated rings. The van der Waals surface area contributed by atoms with E-state index in [0.717, 1.165) is 64.3 Å². The van der Waals surface area contributed by atoms with Crippen LogP contribution in [-0.2, 0) is 13.0 Å². The second kappa shape index (κ2) is 12.5. The first-order valence-corrected chi connectivity index (χ1v) is 12.2. The highest BCUT2D eigenvalue weighted by molar-refractivity contribution is 8.93. The topological polar surface area (TPSA) is 72.4 Å². The van der Waals surface area contributed by atoms with E-state index in [1.165, 1.54) is 0 Å². The Morgan fingerprint density at radius 1 is 1.27 bits per heavy atom. The van der Waals surface area contributed by atoms with Gasteiger partial charge < -0.3 is 18.9 Å². The number of carbonyl (C=O) groups excluding carboxylic acids is 1. The number of methoxy groups -OCH3 is 1. The number of H-pyrrole nitrogens is 1. The molecule has 1 N–H and O–H groups in total. The highest BCUT2D eigenvalue weighted by Crippen LogP contribution is 2.35. The lowest BCUT2D eigenvalue weighted by Gasteiger charge is -2.24. The van der Waals surface area contributed by atoms with Gasteiger partial charge in [-0.05, 0) is 55.4 Å². The van der Waals surface area contributed by atoms with Crippen LogP contribution in [0.4, 0.5) is 0 Å². The molecule has 0 amide bonds. The van der Waals surface area contributed by atoms with Crippen molar-refractivity contribution in [3.05, 3.63) is 65.1 Å². The van der Waals surface area contributed by atoms with Crippen LogP contribution in [0.3, 0.4) is 0 Å². The SMILES string of the molecule is Br.Br.CCN(C)CCn1cc(C(=O)[C@@H]2COc3ccc(OC)cc3C2)c2ccc(-c3cn[nH]c3Cl)cc21. The molecule has 1 aliphatic heterocycles. The van der Waals surface area contributed by atoms with Crippen molar-refractivity contribution in [2.45, 2.75) is 19.9 Å². The number of fused-ring (bicyclic) bond motifs is 2. The van der Waals surface area contributed by atoms with Gasteiger partial charge >= 0.3 is 0 Å². The Balaban J connectivity index is 0.00000190. The van der Waals surface area contributed by atoms with Gasteiger partial charge in [-0.25, -0.2) is 0 Å². The highest BCUT2D eigenvalue weighted by atomic mass is 79.9. The molecule has 0 unspecified atom stereocenters. The third-order valence-electron chi connectivity index (χ3n) is 6.86. The number of rotatable bonds is 8. The molecule has 0 aliphatic carbocycles. The van der Waals surface area contributed by atoms with Crippen LogP contribution in [0.1, 0.15) is 22.8 Å². The lowest BCUT2D eigenvalue weighted by Crippen LogP contribution is -2.28. The summed E-state index contributed by atoms with van der Waals surface area (Å²) in [5.74, 6) is 1.43. The van der Waals surface area contributed by atoms with Crippen LogP contribution in [0, 0.1) is 5.92 Å². The number of likely N-dealkylation sites (N-methyl/N-ethyl adjacent to an activating group) is 1. The maximum absolute atomic E-state index is 13.8. The van der Waals surface area contributed by atoms with Crippen molar-refractivity contribution in [2.24, 2.45) is 5.92 Å². The molecule has 2 aromatic heterocycles. The second-order valence-electron chi connectivity index (χ2n) is 9.01. The molecule has 37 heavy (non-hydrogen) atoms. The van der Waals surface area contributed by atoms with Crippen molar-refractivity contribution in [1.82, 2.24) is 19.7 Å². The summed E-state index contributed by atoms with van der Waals surface area (Å²) in [6, 6.07) is 11.9. The first kappa shape index (κ1) is 29.2. The molecular weight excluding hydrogens is 624 g/mol. The second-order valence-corrected chi connectivity index (χ2v) is 9.39. The molecule has 5 rings (SSSR count). The van der Waals surface area contributed by atoms with E-state index in [1.807, 2.05) is 36.5 Å². The summed E-state index contributed by atoms with van der Waals surface area (Å²) in [6.45, 7) is 5.12. The predicted octanol–water partition coefficient (Wildman–Crippen LogP) is 6.23. The number of nitrogens with zero attached hydrogens (tertiary/aromatic N) is 3. The van der Waals surface area contributed by atoms with Crippen LogP contribution in [0.25, 0.3) is 22.0 Å². The normalized spacial score (nSPS) is 14.5. The van der Waals surface area contributed by atoms with Gasteiger partial charge in [0.15, 0.2) is 5.78 Å². The van der Waals surface area contributed by atoms with Crippen molar-refractivity contribution in [3.63, 3.8) is 0 Å². The van der Waals surface area contributed by atoms with Crippen molar-refractivity contribution >= 4 is 62.3 Å². The van der Waals surface area contributed by atoms with Crippen LogP contribution in [-0.4, -0.2) is 59.3 Å². The number of carbonyl (C=O) groups is 1. The predicted molar refractivity (Wildman–Crippen MR) is 158 cm³/mol. The Morgan fingerprint density at radius 3 is 2.78 bits per heavy atom. The molecule has 2 aromatic carbocycles. The third kappa shape index (κ3) is 5.90. The largest absolute Gasteiger partial charge is 0.497 e. The van der Waals surface area contributed by atoms with E-state index in [1.54, 1.807) is 13.3 Å². The summed E-state index contributed by atoms with van der Waals surface area (Å²) in [4.78, 5) is 16.0. The molecule has 7 nitrogen and oxygen atoms in total. The Labute approximate surface area is 242 Å². The molecule has 0 radical (unpaired) electrons. The highest BCUT2D eigenvalue weighted by Gasteiger charge is 2.29. The van der Waals surface area contributed by atoms with E-state index in [-0.39, 0.29) is 45.7 Å². The Hall–Kier alpha value is -2.33. The number of ketones is 1. The van der Waals surface area contributed by atoms with E-state index < -0.39 is 0 Å². The van der Waals surface area contributed by atoms with Gasteiger partial charge in [0.1, 0.15) is 16.7 Å². The molecule has 10 heteroatoms. The average Bonchev–Trinajstić information content (AvgIpc) is 3.48. The first-order chi connectivity index (χ1) is 17.0. The molecule has 198 valence electrons. The van der Waals surface area contributed by atoms with E-state index in [0.29, 0.717) is 18.2 Å². The quantitative estimate of drug-likeness (QED) is 0.228. The Kier molecular flexibility index (Phi) is 9.86. The molecule has 0 bridgehead atoms. The van der Waals surface area contributed by atoms with Crippen LogP contribution in [0.2, 0.25) is 5.15 Å². The number of aromatic nitrogens is 3. The molecular formula is C27H31Br2ClN4O3. The first-order valence-electron chi connectivity index (χ1n) is 11.8. The molecule has 4 aromatic rings. The summed E-state index contributed by atoms with van der Waals surface area (Å²) < 4.78 is 13.5. The smallest absolute Gasteiger partial charge is 0.171 e. The van der Waals surface area contributed by atoms with Gasteiger partial charge in [0.05, 0.1) is 25.8 Å². The number of ether oxygens (including phenoxy) is 2. The van der Waals surface area contributed by atoms with E-state index >= 15 is 0 Å². The van der Waals surface area contributed by atoms with Gasteiger partial charge in [-0.15, -0.1) is 34.0 Å². The summed E-state index contributed by atoms with van der Waals surface area (Å²) >= 11 is 6.30. The van der Waals surface area contributed by atoms with Crippen molar-refractivity contribution < 1.29 is 14.3 Å². The van der Waals surface area contributed by atoms with Crippen LogP contribution in [0.5, 0.6) is 11.5 Å². The third-order valence-corrected chi connectivity index (χ3v) is 7.15. The van der Waals surface area contributed by atoms with Crippen LogP contribution < -0.4 is 9.47 Å². The average molecular weight is 655 g/mol. The maximum Gasteiger partial charge on any atom is 0.171 e. The van der Waals surface area contributed by atoms with Gasteiger partial charge in [0.25, 0.3) is 0 Å². The zero-order valence-electron chi connectivity index (χ0n) is 21.0. The van der Waals surface area contributed by atoms with Crippen LogP contribution >= 0.6 is 45.6 Å². The number of nitrogens with one attached hydrogen (secondary N) is 1. The number of hydrogen-bond donors (Lipinski definition) is 1. The molecule has 0 saturated carbocycles. The Bertz CT molecular complexity index is 1390. The standard InChI is InChI=1S/C27H29ClN4O3.2BrH/c1-4-31(2)9-10-32-15-23(21-7-5-17(13-24(21)32)22-14-29-30-27(22)28)26(33)19-11-18-12-20(34-3)6-8-25(18)35-16-19;;/h5-8,12-15,19H,4,9-11,16H2,1-3H3,(H,29,30);2*1H/t19-;;/m0../s1. The van der Waals surface area contributed by atoms with Gasteiger partial charge in [-0.2, -0.15) is 5.10 Å². The zero-order valence-corrected chi connectivity index (χ0v) is 25.2. The summed E-state index contributed by atoms with van der Waals surface area (Å²) in [6.07, 6.45) is 4.34. The molecule has 1 atom stereocenters. The zero-order chi connectivity index (χ0) is 24.5. The lowest BCUT2D eigenvalue weighted by atomic mass is 9.89. The molecule has 0 saturated heterocycles. The van der Waals surface area contributed by atoms with E-state index in [9.17, 15) is 4.79 Å².